The summed E-state index contributed by atoms with van der Waals surface area (Å²) in [5.41, 5.74) is 1.95. The Bertz CT molecular complexity index is 852. The first-order chi connectivity index (χ1) is 12.3. The number of hydrogen-bond donors (Lipinski definition) is 1. The lowest BCUT2D eigenvalue weighted by Crippen LogP contribution is -2.40. The molecule has 1 aromatic carbocycles. The minimum atomic E-state index is -0.00856. The minimum Gasteiger partial charge on any atom is -0.467 e. The maximum Gasteiger partial charge on any atom is 0.260 e. The van der Waals surface area contributed by atoms with Crippen LogP contribution in [0, 0.1) is 0 Å². The van der Waals surface area contributed by atoms with Crippen LogP contribution in [-0.2, 0) is 4.79 Å². The van der Waals surface area contributed by atoms with E-state index >= 15 is 0 Å². The number of carbonyl (C=O) groups excluding carboxylic acids is 1. The zero-order chi connectivity index (χ0) is 17.1. The Hall–Kier alpha value is -2.96. The van der Waals surface area contributed by atoms with Crippen molar-refractivity contribution in [3.63, 3.8) is 0 Å². The molecule has 1 aliphatic heterocycles. The van der Waals surface area contributed by atoms with Crippen molar-refractivity contribution in [2.45, 2.75) is 18.8 Å². The molecule has 0 radical (unpaired) electrons. The molecule has 25 heavy (non-hydrogen) atoms. The number of hydrogen-bond acceptors (Lipinski definition) is 5. The molecular weight excluding hydrogens is 318 g/mol. The summed E-state index contributed by atoms with van der Waals surface area (Å²) in [5, 5.41) is 7.84. The van der Waals surface area contributed by atoms with Gasteiger partial charge in [0.15, 0.2) is 6.61 Å². The van der Waals surface area contributed by atoms with E-state index in [-0.39, 0.29) is 12.5 Å². The van der Waals surface area contributed by atoms with Gasteiger partial charge in [0.05, 0.1) is 10.9 Å². The van der Waals surface area contributed by atoms with E-state index in [1.807, 2.05) is 35.2 Å². The van der Waals surface area contributed by atoms with Crippen LogP contribution in [0.25, 0.3) is 10.9 Å². The predicted molar refractivity (Wildman–Crippen MR) is 92.2 cm³/mol. The number of likely N-dealkylation sites (tertiary alicyclic amines) is 1. The number of fused-ring (bicyclic) bond motifs is 1. The summed E-state index contributed by atoms with van der Waals surface area (Å²) in [7, 11) is 0. The minimum absolute atomic E-state index is 0.00423. The number of para-hydroxylation sites is 1. The van der Waals surface area contributed by atoms with Gasteiger partial charge in [-0.1, -0.05) is 12.1 Å². The lowest BCUT2D eigenvalue weighted by Gasteiger charge is -2.31. The Morgan fingerprint density at radius 3 is 2.84 bits per heavy atom. The van der Waals surface area contributed by atoms with Crippen molar-refractivity contribution in [3.05, 3.63) is 48.5 Å². The summed E-state index contributed by atoms with van der Waals surface area (Å²) >= 11 is 0. The van der Waals surface area contributed by atoms with Gasteiger partial charge in [0.25, 0.3) is 5.91 Å². The van der Waals surface area contributed by atoms with E-state index in [0.29, 0.717) is 11.8 Å². The van der Waals surface area contributed by atoms with Crippen molar-refractivity contribution in [1.29, 1.82) is 0 Å². The number of piperidine rings is 1. The first kappa shape index (κ1) is 15.6. The average molecular weight is 337 g/mol. The van der Waals surface area contributed by atoms with Gasteiger partial charge in [-0.25, -0.2) is 9.97 Å². The molecule has 0 aliphatic carbocycles. The number of carbonyl (C=O) groups is 1. The van der Waals surface area contributed by atoms with Crippen molar-refractivity contribution >= 4 is 16.8 Å². The molecule has 1 amide bonds. The average Bonchev–Trinajstić information content (AvgIpc) is 3.21. The number of H-pyrrole nitrogens is 1. The van der Waals surface area contributed by atoms with Gasteiger partial charge in [0, 0.05) is 30.9 Å². The van der Waals surface area contributed by atoms with E-state index in [1.165, 1.54) is 6.33 Å². The second-order valence-electron chi connectivity index (χ2n) is 6.15. The molecule has 128 valence electrons. The number of nitrogens with zero attached hydrogens (tertiary/aromatic N) is 4. The first-order valence-electron chi connectivity index (χ1n) is 8.41. The molecule has 1 aliphatic rings. The molecule has 0 spiro atoms. The number of aromatic nitrogens is 4. The highest BCUT2D eigenvalue weighted by Crippen LogP contribution is 2.26. The Balaban J connectivity index is 1.35. The summed E-state index contributed by atoms with van der Waals surface area (Å²) in [6.07, 6.45) is 5.10. The number of rotatable bonds is 4. The standard InChI is InChI=1S/C18H19N5O2/c24-17(23-9-6-13(7-10-23)15-5-8-21-22-15)11-25-18-14-3-1-2-4-16(14)19-12-20-18/h1-5,8,12-13H,6-7,9-11H2,(H,21,22). The van der Waals surface area contributed by atoms with Gasteiger partial charge in [-0.3, -0.25) is 9.89 Å². The Labute approximate surface area is 145 Å². The van der Waals surface area contributed by atoms with Gasteiger partial charge < -0.3 is 9.64 Å². The van der Waals surface area contributed by atoms with Crippen molar-refractivity contribution in [2.75, 3.05) is 19.7 Å². The number of ether oxygens (including phenoxy) is 1. The summed E-state index contributed by atoms with van der Waals surface area (Å²) in [6.45, 7) is 1.46. The molecule has 3 heterocycles. The van der Waals surface area contributed by atoms with Crippen LogP contribution in [0.1, 0.15) is 24.5 Å². The molecule has 1 N–H and O–H groups in total. The second-order valence-corrected chi connectivity index (χ2v) is 6.15. The topological polar surface area (TPSA) is 84.0 Å². The van der Waals surface area contributed by atoms with Crippen molar-refractivity contribution in [3.8, 4) is 5.88 Å². The lowest BCUT2D eigenvalue weighted by atomic mass is 9.94. The van der Waals surface area contributed by atoms with Crippen LogP contribution in [0.5, 0.6) is 5.88 Å². The van der Waals surface area contributed by atoms with Crippen molar-refractivity contribution < 1.29 is 9.53 Å². The highest BCUT2D eigenvalue weighted by Gasteiger charge is 2.24. The third-order valence-electron chi connectivity index (χ3n) is 4.65. The molecule has 0 saturated carbocycles. The molecule has 1 fully saturated rings. The number of aromatic amines is 1. The van der Waals surface area contributed by atoms with E-state index in [0.717, 1.165) is 42.5 Å². The largest absolute Gasteiger partial charge is 0.467 e. The summed E-state index contributed by atoms with van der Waals surface area (Å²) < 4.78 is 5.67. The fraction of sp³-hybridized carbons (Fsp3) is 0.333. The van der Waals surface area contributed by atoms with Gasteiger partial charge in [-0.05, 0) is 31.0 Å². The molecule has 2 aromatic heterocycles. The number of nitrogens with one attached hydrogen (secondary N) is 1. The van der Waals surface area contributed by atoms with E-state index in [2.05, 4.69) is 20.2 Å². The molecule has 0 unspecified atom stereocenters. The van der Waals surface area contributed by atoms with Crippen LogP contribution in [0.15, 0.2) is 42.9 Å². The van der Waals surface area contributed by atoms with Crippen LogP contribution in [-0.4, -0.2) is 50.7 Å². The van der Waals surface area contributed by atoms with Gasteiger partial charge in [0.1, 0.15) is 6.33 Å². The summed E-state index contributed by atoms with van der Waals surface area (Å²) in [5.74, 6) is 0.885. The summed E-state index contributed by atoms with van der Waals surface area (Å²) in [4.78, 5) is 22.6. The zero-order valence-electron chi connectivity index (χ0n) is 13.8. The molecule has 1 saturated heterocycles. The SMILES string of the molecule is O=C(COc1ncnc2ccccc12)N1CCC(c2ccn[nH]2)CC1. The van der Waals surface area contributed by atoms with Gasteiger partial charge in [-0.15, -0.1) is 0 Å². The Kier molecular flexibility index (Phi) is 4.28. The fourth-order valence-corrected chi connectivity index (χ4v) is 3.25. The van der Waals surface area contributed by atoms with E-state index < -0.39 is 0 Å². The van der Waals surface area contributed by atoms with E-state index in [9.17, 15) is 4.79 Å². The lowest BCUT2D eigenvalue weighted by molar-refractivity contribution is -0.134. The molecule has 0 bridgehead atoms. The monoisotopic (exact) mass is 337 g/mol. The van der Waals surface area contributed by atoms with Crippen LogP contribution in [0.4, 0.5) is 0 Å². The molecule has 7 heteroatoms. The first-order valence-corrected chi connectivity index (χ1v) is 8.41. The van der Waals surface area contributed by atoms with Gasteiger partial charge in [0.2, 0.25) is 5.88 Å². The Morgan fingerprint density at radius 2 is 2.04 bits per heavy atom. The van der Waals surface area contributed by atoms with E-state index in [4.69, 9.17) is 4.74 Å². The second kappa shape index (κ2) is 6.88. The smallest absolute Gasteiger partial charge is 0.260 e. The highest BCUT2D eigenvalue weighted by molar-refractivity contribution is 5.84. The summed E-state index contributed by atoms with van der Waals surface area (Å²) in [6, 6.07) is 9.61. The number of amides is 1. The quantitative estimate of drug-likeness (QED) is 0.788. The molecule has 3 aromatic rings. The fourth-order valence-electron chi connectivity index (χ4n) is 3.25. The third-order valence-corrected chi connectivity index (χ3v) is 4.65. The molecule has 0 atom stereocenters. The maximum atomic E-state index is 12.4. The van der Waals surface area contributed by atoms with Gasteiger partial charge >= 0.3 is 0 Å². The van der Waals surface area contributed by atoms with Crippen molar-refractivity contribution in [2.24, 2.45) is 0 Å². The molecular formula is C18H19N5O2. The van der Waals surface area contributed by atoms with Crippen LogP contribution in [0.3, 0.4) is 0 Å². The third kappa shape index (κ3) is 3.31. The maximum absolute atomic E-state index is 12.4. The van der Waals surface area contributed by atoms with Crippen molar-refractivity contribution in [1.82, 2.24) is 25.1 Å². The van der Waals surface area contributed by atoms with Crippen LogP contribution in [0.2, 0.25) is 0 Å². The zero-order valence-corrected chi connectivity index (χ0v) is 13.8. The normalized spacial score (nSPS) is 15.4. The highest BCUT2D eigenvalue weighted by atomic mass is 16.5. The van der Waals surface area contributed by atoms with E-state index in [1.54, 1.807) is 6.20 Å². The number of benzene rings is 1. The van der Waals surface area contributed by atoms with Crippen LogP contribution >= 0.6 is 0 Å². The Morgan fingerprint density at radius 1 is 1.20 bits per heavy atom. The van der Waals surface area contributed by atoms with Crippen LogP contribution < -0.4 is 4.74 Å². The predicted octanol–water partition coefficient (Wildman–Crippen LogP) is 2.14. The van der Waals surface area contributed by atoms with Gasteiger partial charge in [-0.2, -0.15) is 5.10 Å². The molecule has 4 rings (SSSR count). The molecule has 7 nitrogen and oxygen atoms in total.